The van der Waals surface area contributed by atoms with Crippen molar-refractivity contribution >= 4 is 39.3 Å². The molecule has 1 aliphatic carbocycles. The molecule has 36 heavy (non-hydrogen) atoms. The molecule has 10 heteroatoms. The van der Waals surface area contributed by atoms with Crippen molar-refractivity contribution < 1.29 is 22.7 Å². The largest absolute Gasteiger partial charge is 0.482 e. The van der Waals surface area contributed by atoms with E-state index in [1.165, 1.54) is 53.4 Å². The fourth-order valence-electron chi connectivity index (χ4n) is 5.45. The summed E-state index contributed by atoms with van der Waals surface area (Å²) in [5.74, 6) is 1.37. The number of anilines is 1. The van der Waals surface area contributed by atoms with Crippen LogP contribution in [0.5, 0.6) is 5.75 Å². The molecule has 200 valence electrons. The maximum Gasteiger partial charge on any atom is 0.265 e. The zero-order chi connectivity index (χ0) is 25.7. The van der Waals surface area contributed by atoms with Crippen LogP contribution in [0.1, 0.15) is 58.8 Å². The zero-order valence-electron chi connectivity index (χ0n) is 21.4. The molecule has 1 N–H and O–H groups in total. The van der Waals surface area contributed by atoms with Gasteiger partial charge < -0.3 is 10.1 Å². The van der Waals surface area contributed by atoms with Crippen LogP contribution in [0.25, 0.3) is 0 Å². The summed E-state index contributed by atoms with van der Waals surface area (Å²) in [5.41, 5.74) is 0.327. The van der Waals surface area contributed by atoms with Crippen LogP contribution >= 0.6 is 11.8 Å². The normalized spacial score (nSPS) is 23.7. The molecule has 1 saturated heterocycles. The minimum absolute atomic E-state index is 0.117. The van der Waals surface area contributed by atoms with Crippen LogP contribution in [0.4, 0.5) is 5.69 Å². The van der Waals surface area contributed by atoms with Crippen molar-refractivity contribution in [2.75, 3.05) is 43.4 Å². The number of piperidine rings is 1. The average molecular weight is 538 g/mol. The molecule has 0 spiro atoms. The first-order valence-electron chi connectivity index (χ1n) is 13.2. The second kappa shape index (κ2) is 12.2. The van der Waals surface area contributed by atoms with Gasteiger partial charge in [-0.3, -0.25) is 14.5 Å². The molecule has 3 aliphatic rings. The van der Waals surface area contributed by atoms with E-state index in [9.17, 15) is 18.0 Å². The van der Waals surface area contributed by atoms with Crippen molar-refractivity contribution in [1.82, 2.24) is 9.62 Å². The smallest absolute Gasteiger partial charge is 0.265 e. The standard InChI is InChI=1S/C26H39N3O5S2/c1-19-13-20(2)16-28(15-19)36(32,33)22-9-10-24-23(14-22)29(26(31)18-34-24)17-25(30)27-11-6-12-35-21-7-4-3-5-8-21/h9-10,14,19-21H,3-8,11-13,15-18H2,1-2H3,(H,27,30). The van der Waals surface area contributed by atoms with Gasteiger partial charge in [-0.2, -0.15) is 16.1 Å². The summed E-state index contributed by atoms with van der Waals surface area (Å²) in [5, 5.41) is 3.66. The lowest BCUT2D eigenvalue weighted by atomic mass is 9.94. The molecule has 4 rings (SSSR count). The molecule has 2 aliphatic heterocycles. The third kappa shape index (κ3) is 6.75. The third-order valence-corrected chi connectivity index (χ3v) is 10.5. The highest BCUT2D eigenvalue weighted by molar-refractivity contribution is 7.99. The number of carbonyl (C=O) groups excluding carboxylic acids is 2. The maximum atomic E-state index is 13.4. The predicted molar refractivity (Wildman–Crippen MR) is 143 cm³/mol. The summed E-state index contributed by atoms with van der Waals surface area (Å²) in [7, 11) is -3.72. The van der Waals surface area contributed by atoms with E-state index in [2.05, 4.69) is 19.2 Å². The van der Waals surface area contributed by atoms with Gasteiger partial charge in [-0.1, -0.05) is 33.1 Å². The highest BCUT2D eigenvalue weighted by atomic mass is 32.2. The van der Waals surface area contributed by atoms with Gasteiger partial charge in [0.15, 0.2) is 6.61 Å². The van der Waals surface area contributed by atoms with Gasteiger partial charge in [0.05, 0.1) is 10.6 Å². The number of thioether (sulfide) groups is 1. The molecule has 2 atom stereocenters. The molecule has 2 amide bonds. The van der Waals surface area contributed by atoms with Gasteiger partial charge in [-0.05, 0) is 61.5 Å². The molecule has 0 radical (unpaired) electrons. The Morgan fingerprint density at radius 3 is 2.58 bits per heavy atom. The Morgan fingerprint density at radius 1 is 1.14 bits per heavy atom. The van der Waals surface area contributed by atoms with Crippen LogP contribution in [-0.4, -0.2) is 68.3 Å². The average Bonchev–Trinajstić information content (AvgIpc) is 2.85. The molecule has 0 bridgehead atoms. The number of rotatable bonds is 9. The number of amides is 2. The summed E-state index contributed by atoms with van der Waals surface area (Å²) < 4.78 is 33.8. The number of nitrogens with one attached hydrogen (secondary N) is 1. The Morgan fingerprint density at radius 2 is 1.86 bits per heavy atom. The van der Waals surface area contributed by atoms with Crippen molar-refractivity contribution in [1.29, 1.82) is 0 Å². The van der Waals surface area contributed by atoms with E-state index in [0.29, 0.717) is 31.1 Å². The summed E-state index contributed by atoms with van der Waals surface area (Å²) in [6.07, 6.45) is 8.47. The second-order valence-corrected chi connectivity index (χ2v) is 13.8. The lowest BCUT2D eigenvalue weighted by Crippen LogP contribution is -2.45. The van der Waals surface area contributed by atoms with E-state index in [1.54, 1.807) is 6.07 Å². The van der Waals surface area contributed by atoms with E-state index in [-0.39, 0.29) is 41.7 Å². The van der Waals surface area contributed by atoms with Gasteiger partial charge in [0.2, 0.25) is 15.9 Å². The molecular formula is C26H39N3O5S2. The first-order valence-corrected chi connectivity index (χ1v) is 15.7. The molecule has 2 unspecified atom stereocenters. The van der Waals surface area contributed by atoms with E-state index in [0.717, 1.165) is 23.8 Å². The summed E-state index contributed by atoms with van der Waals surface area (Å²) in [6.45, 7) is 5.30. The van der Waals surface area contributed by atoms with Crippen molar-refractivity contribution in [2.24, 2.45) is 11.8 Å². The monoisotopic (exact) mass is 537 g/mol. The van der Waals surface area contributed by atoms with Crippen LogP contribution in [0.3, 0.4) is 0 Å². The lowest BCUT2D eigenvalue weighted by molar-refractivity contribution is -0.125. The topological polar surface area (TPSA) is 96.0 Å². The lowest BCUT2D eigenvalue weighted by Gasteiger charge is -2.34. The summed E-state index contributed by atoms with van der Waals surface area (Å²) in [4.78, 5) is 26.8. The van der Waals surface area contributed by atoms with Crippen molar-refractivity contribution in [3.8, 4) is 5.75 Å². The van der Waals surface area contributed by atoms with Crippen LogP contribution in [-0.2, 0) is 19.6 Å². The first kappa shape index (κ1) is 27.3. The summed E-state index contributed by atoms with van der Waals surface area (Å²) >= 11 is 2.00. The first-order chi connectivity index (χ1) is 17.2. The van der Waals surface area contributed by atoms with E-state index in [1.807, 2.05) is 11.8 Å². The molecule has 2 heterocycles. The Bertz CT molecular complexity index is 1030. The van der Waals surface area contributed by atoms with Gasteiger partial charge in [-0.25, -0.2) is 8.42 Å². The number of hydrogen-bond acceptors (Lipinski definition) is 6. The van der Waals surface area contributed by atoms with Gasteiger partial charge >= 0.3 is 0 Å². The number of nitrogens with zero attached hydrogens (tertiary/aromatic N) is 2. The molecule has 2 fully saturated rings. The number of benzene rings is 1. The quantitative estimate of drug-likeness (QED) is 0.483. The third-order valence-electron chi connectivity index (χ3n) is 7.20. The fraction of sp³-hybridized carbons (Fsp3) is 0.692. The van der Waals surface area contributed by atoms with Crippen LogP contribution < -0.4 is 15.0 Å². The van der Waals surface area contributed by atoms with Crippen LogP contribution in [0.2, 0.25) is 0 Å². The molecule has 8 nitrogen and oxygen atoms in total. The minimum atomic E-state index is -3.72. The highest BCUT2D eigenvalue weighted by Crippen LogP contribution is 2.36. The van der Waals surface area contributed by atoms with Crippen molar-refractivity contribution in [3.63, 3.8) is 0 Å². The predicted octanol–water partition coefficient (Wildman–Crippen LogP) is 3.65. The van der Waals surface area contributed by atoms with Crippen LogP contribution in [0, 0.1) is 11.8 Å². The van der Waals surface area contributed by atoms with Gasteiger partial charge in [0.1, 0.15) is 12.3 Å². The van der Waals surface area contributed by atoms with E-state index in [4.69, 9.17) is 4.74 Å². The number of fused-ring (bicyclic) bond motifs is 1. The molecule has 0 aromatic heterocycles. The molecule has 1 saturated carbocycles. The van der Waals surface area contributed by atoms with E-state index < -0.39 is 10.0 Å². The number of carbonyl (C=O) groups is 2. The molecule has 1 aromatic carbocycles. The van der Waals surface area contributed by atoms with Gasteiger partial charge in [0, 0.05) is 24.9 Å². The van der Waals surface area contributed by atoms with Gasteiger partial charge in [-0.15, -0.1) is 0 Å². The van der Waals surface area contributed by atoms with Crippen molar-refractivity contribution in [2.45, 2.75) is 68.9 Å². The SMILES string of the molecule is CC1CC(C)CN(S(=O)(=O)c2ccc3c(c2)N(CC(=O)NCCCSC2CCCCC2)C(=O)CO3)C1. The Balaban J connectivity index is 1.37. The second-order valence-electron chi connectivity index (χ2n) is 10.5. The maximum absolute atomic E-state index is 13.4. The Hall–Kier alpha value is -1.78. The number of hydrogen-bond donors (Lipinski definition) is 1. The summed E-state index contributed by atoms with van der Waals surface area (Å²) in [6, 6.07) is 4.58. The number of ether oxygens (including phenoxy) is 1. The van der Waals surface area contributed by atoms with Crippen LogP contribution in [0.15, 0.2) is 23.1 Å². The molecule has 1 aromatic rings. The van der Waals surface area contributed by atoms with Crippen molar-refractivity contribution in [3.05, 3.63) is 18.2 Å². The Kier molecular flexibility index (Phi) is 9.22. The highest BCUT2D eigenvalue weighted by Gasteiger charge is 2.34. The van der Waals surface area contributed by atoms with E-state index >= 15 is 0 Å². The Labute approximate surface area is 219 Å². The fourth-order valence-corrected chi connectivity index (χ4v) is 8.46. The number of sulfonamides is 1. The molecular weight excluding hydrogens is 498 g/mol. The van der Waals surface area contributed by atoms with Gasteiger partial charge in [0.25, 0.3) is 5.91 Å². The zero-order valence-corrected chi connectivity index (χ0v) is 23.0. The minimum Gasteiger partial charge on any atom is -0.482 e.